The summed E-state index contributed by atoms with van der Waals surface area (Å²) in [5.74, 6) is 1.24. The Morgan fingerprint density at radius 2 is 2.00 bits per heavy atom. The minimum atomic E-state index is 0.277. The fraction of sp³-hybridized carbons (Fsp3) is 0.154. The van der Waals surface area contributed by atoms with E-state index in [0.717, 1.165) is 11.9 Å². The number of hydrogen-bond acceptors (Lipinski definition) is 6. The van der Waals surface area contributed by atoms with Gasteiger partial charge in [-0.25, -0.2) is 0 Å². The normalized spacial score (nSPS) is 9.95. The largest absolute Gasteiger partial charge is 0.383 e. The number of nitrogens with one attached hydrogen (secondary N) is 3. The second-order valence-corrected chi connectivity index (χ2v) is 3.86. The van der Waals surface area contributed by atoms with Crippen molar-refractivity contribution in [1.82, 2.24) is 9.97 Å². The van der Waals surface area contributed by atoms with Crippen LogP contribution in [0.15, 0.2) is 30.3 Å². The van der Waals surface area contributed by atoms with Gasteiger partial charge in [0.1, 0.15) is 11.6 Å². The molecule has 0 spiro atoms. The highest BCUT2D eigenvalue weighted by Crippen LogP contribution is 2.22. The molecule has 6 nitrogen and oxygen atoms in total. The second kappa shape index (κ2) is 5.81. The van der Waals surface area contributed by atoms with Gasteiger partial charge in [-0.3, -0.25) is 0 Å². The highest BCUT2D eigenvalue weighted by Gasteiger charge is 2.10. The van der Waals surface area contributed by atoms with Gasteiger partial charge in [0.2, 0.25) is 5.95 Å². The number of nitrogens with two attached hydrogens (primary N) is 1. The zero-order valence-electron chi connectivity index (χ0n) is 10.6. The van der Waals surface area contributed by atoms with Crippen molar-refractivity contribution in [2.75, 3.05) is 22.9 Å². The summed E-state index contributed by atoms with van der Waals surface area (Å²) in [5, 5.41) is 13.6. The van der Waals surface area contributed by atoms with E-state index in [1.807, 2.05) is 37.3 Å². The minimum absolute atomic E-state index is 0.277. The van der Waals surface area contributed by atoms with Gasteiger partial charge in [0, 0.05) is 18.4 Å². The number of para-hydroxylation sites is 1. The standard InChI is InChI=1S/C13H16N6/c1-2-16-13-18-11(15)10(8-14)12(19-13)17-9-6-4-3-5-7-9/h3-8,14H,2H2,1H3,(H4,15,16,17,18,19). The summed E-state index contributed by atoms with van der Waals surface area (Å²) in [6.07, 6.45) is 1.15. The zero-order valence-corrected chi connectivity index (χ0v) is 10.6. The summed E-state index contributed by atoms with van der Waals surface area (Å²) in [4.78, 5) is 8.43. The summed E-state index contributed by atoms with van der Waals surface area (Å²) in [7, 11) is 0. The van der Waals surface area contributed by atoms with Crippen LogP contribution in [-0.2, 0) is 0 Å². The smallest absolute Gasteiger partial charge is 0.226 e. The molecule has 1 aromatic carbocycles. The van der Waals surface area contributed by atoms with Crippen LogP contribution in [0.2, 0.25) is 0 Å². The average Bonchev–Trinajstić information content (AvgIpc) is 2.40. The molecule has 0 saturated heterocycles. The van der Waals surface area contributed by atoms with Gasteiger partial charge in [0.25, 0.3) is 0 Å². The minimum Gasteiger partial charge on any atom is -0.383 e. The van der Waals surface area contributed by atoms with Gasteiger partial charge >= 0.3 is 0 Å². The summed E-state index contributed by atoms with van der Waals surface area (Å²) < 4.78 is 0. The van der Waals surface area contributed by atoms with Crippen LogP contribution in [0, 0.1) is 5.41 Å². The number of nitrogen functional groups attached to an aromatic ring is 1. The Morgan fingerprint density at radius 1 is 1.26 bits per heavy atom. The first kappa shape index (κ1) is 12.8. The number of benzene rings is 1. The molecule has 5 N–H and O–H groups in total. The molecule has 0 fully saturated rings. The van der Waals surface area contributed by atoms with E-state index in [9.17, 15) is 0 Å². The van der Waals surface area contributed by atoms with Crippen LogP contribution in [0.5, 0.6) is 0 Å². The first-order chi connectivity index (χ1) is 9.24. The van der Waals surface area contributed by atoms with E-state index in [0.29, 0.717) is 23.9 Å². The average molecular weight is 256 g/mol. The molecule has 0 saturated carbocycles. The molecule has 19 heavy (non-hydrogen) atoms. The van der Waals surface area contributed by atoms with E-state index in [-0.39, 0.29) is 5.82 Å². The quantitative estimate of drug-likeness (QED) is 0.615. The monoisotopic (exact) mass is 256 g/mol. The summed E-state index contributed by atoms with van der Waals surface area (Å²) in [5.41, 5.74) is 7.19. The third kappa shape index (κ3) is 2.98. The molecule has 0 atom stereocenters. The molecule has 0 bridgehead atoms. The van der Waals surface area contributed by atoms with Crippen molar-refractivity contribution in [3.63, 3.8) is 0 Å². The van der Waals surface area contributed by atoms with Gasteiger partial charge < -0.3 is 21.8 Å². The molecule has 0 aliphatic rings. The van der Waals surface area contributed by atoms with E-state index >= 15 is 0 Å². The topological polar surface area (TPSA) is 99.7 Å². The Hall–Kier alpha value is -2.63. The fourth-order valence-electron chi connectivity index (χ4n) is 1.62. The van der Waals surface area contributed by atoms with Gasteiger partial charge in [-0.15, -0.1) is 0 Å². The molecule has 1 aromatic heterocycles. The first-order valence-electron chi connectivity index (χ1n) is 5.98. The van der Waals surface area contributed by atoms with Crippen molar-refractivity contribution in [2.24, 2.45) is 0 Å². The maximum absolute atomic E-state index is 7.42. The van der Waals surface area contributed by atoms with Crippen LogP contribution in [0.1, 0.15) is 12.5 Å². The van der Waals surface area contributed by atoms with Gasteiger partial charge in [-0.05, 0) is 19.1 Å². The van der Waals surface area contributed by atoms with E-state index in [1.54, 1.807) is 0 Å². The van der Waals surface area contributed by atoms with Crippen molar-refractivity contribution < 1.29 is 0 Å². The zero-order chi connectivity index (χ0) is 13.7. The molecule has 2 aromatic rings. The molecule has 6 heteroatoms. The SMILES string of the molecule is CCNc1nc(N)c(C=N)c(Nc2ccccc2)n1. The van der Waals surface area contributed by atoms with Crippen molar-refractivity contribution in [2.45, 2.75) is 6.92 Å². The van der Waals surface area contributed by atoms with E-state index in [1.165, 1.54) is 0 Å². The maximum atomic E-state index is 7.42. The number of nitrogens with zero attached hydrogens (tertiary/aromatic N) is 2. The van der Waals surface area contributed by atoms with E-state index < -0.39 is 0 Å². The molecule has 0 amide bonds. The summed E-state index contributed by atoms with van der Waals surface area (Å²) in [6.45, 7) is 2.66. The van der Waals surface area contributed by atoms with Crippen molar-refractivity contribution in [3.05, 3.63) is 35.9 Å². The highest BCUT2D eigenvalue weighted by molar-refractivity contribution is 5.91. The number of anilines is 4. The third-order valence-electron chi connectivity index (χ3n) is 2.49. The molecule has 98 valence electrons. The number of rotatable bonds is 5. The Bertz CT molecular complexity index is 567. The number of aromatic nitrogens is 2. The molecular weight excluding hydrogens is 240 g/mol. The van der Waals surface area contributed by atoms with Crippen LogP contribution >= 0.6 is 0 Å². The highest BCUT2D eigenvalue weighted by atomic mass is 15.2. The summed E-state index contributed by atoms with van der Waals surface area (Å²) in [6, 6.07) is 9.60. The Kier molecular flexibility index (Phi) is 3.92. The Labute approximate surface area is 111 Å². The Balaban J connectivity index is 2.39. The lowest BCUT2D eigenvalue weighted by Crippen LogP contribution is -2.10. The van der Waals surface area contributed by atoms with Crippen LogP contribution in [0.4, 0.5) is 23.3 Å². The maximum Gasteiger partial charge on any atom is 0.226 e. The van der Waals surface area contributed by atoms with Crippen molar-refractivity contribution in [3.8, 4) is 0 Å². The molecule has 0 aliphatic carbocycles. The molecule has 0 aliphatic heterocycles. The van der Waals surface area contributed by atoms with Gasteiger partial charge in [-0.2, -0.15) is 9.97 Å². The lowest BCUT2D eigenvalue weighted by Gasteiger charge is -2.12. The third-order valence-corrected chi connectivity index (χ3v) is 2.49. The molecular formula is C13H16N6. The fourth-order valence-corrected chi connectivity index (χ4v) is 1.62. The summed E-state index contributed by atoms with van der Waals surface area (Å²) >= 11 is 0. The van der Waals surface area contributed by atoms with Crippen LogP contribution in [-0.4, -0.2) is 22.7 Å². The molecule has 2 rings (SSSR count). The van der Waals surface area contributed by atoms with Crippen molar-refractivity contribution in [1.29, 1.82) is 5.41 Å². The number of hydrogen-bond donors (Lipinski definition) is 4. The van der Waals surface area contributed by atoms with Crippen LogP contribution in [0.25, 0.3) is 0 Å². The Morgan fingerprint density at radius 3 is 2.63 bits per heavy atom. The first-order valence-corrected chi connectivity index (χ1v) is 5.98. The van der Waals surface area contributed by atoms with Gasteiger partial charge in [0.15, 0.2) is 0 Å². The lowest BCUT2D eigenvalue weighted by molar-refractivity contribution is 1.09. The van der Waals surface area contributed by atoms with Crippen molar-refractivity contribution >= 4 is 29.5 Å². The molecule has 1 heterocycles. The van der Waals surface area contributed by atoms with E-state index in [2.05, 4.69) is 20.6 Å². The molecule has 0 radical (unpaired) electrons. The van der Waals surface area contributed by atoms with E-state index in [4.69, 9.17) is 11.1 Å². The lowest BCUT2D eigenvalue weighted by atomic mass is 10.2. The van der Waals surface area contributed by atoms with Gasteiger partial charge in [0.05, 0.1) is 5.56 Å². The van der Waals surface area contributed by atoms with Crippen LogP contribution < -0.4 is 16.4 Å². The van der Waals surface area contributed by atoms with Crippen LogP contribution in [0.3, 0.4) is 0 Å². The van der Waals surface area contributed by atoms with Gasteiger partial charge in [-0.1, -0.05) is 18.2 Å². The second-order valence-electron chi connectivity index (χ2n) is 3.86. The predicted octanol–water partition coefficient (Wildman–Crippen LogP) is 2.23. The molecule has 0 unspecified atom stereocenters. The predicted molar refractivity (Wildman–Crippen MR) is 78.2 cm³/mol.